The van der Waals surface area contributed by atoms with Crippen LogP contribution < -0.4 is 9.80 Å². The summed E-state index contributed by atoms with van der Waals surface area (Å²) in [5.41, 5.74) is 0. The van der Waals surface area contributed by atoms with Crippen LogP contribution in [0.1, 0.15) is 26.2 Å². The third kappa shape index (κ3) is 4.11. The summed E-state index contributed by atoms with van der Waals surface area (Å²) in [7, 11) is -4.10. The van der Waals surface area contributed by atoms with Gasteiger partial charge in [-0.15, -0.1) is 10.2 Å². The highest BCUT2D eigenvalue weighted by Crippen LogP contribution is 2.25. The zero-order chi connectivity index (χ0) is 21.3. The SMILES string of the molecule is CC1CCCCN1c1ccc(N2CCN(S(=O)(=O)c3cc(F)ccc3F)CC2)nn1. The number of halogens is 2. The van der Waals surface area contributed by atoms with Gasteiger partial charge in [0.2, 0.25) is 10.0 Å². The molecule has 4 rings (SSSR count). The van der Waals surface area contributed by atoms with Crippen LogP contribution in [-0.2, 0) is 10.0 Å². The average molecular weight is 438 g/mol. The molecule has 30 heavy (non-hydrogen) atoms. The summed E-state index contributed by atoms with van der Waals surface area (Å²) in [6, 6.07) is 6.76. The summed E-state index contributed by atoms with van der Waals surface area (Å²) in [5.74, 6) is -0.203. The number of piperidine rings is 1. The molecule has 2 aliphatic rings. The van der Waals surface area contributed by atoms with Crippen molar-refractivity contribution in [1.29, 1.82) is 0 Å². The van der Waals surface area contributed by atoms with Gasteiger partial charge in [0.1, 0.15) is 16.5 Å². The van der Waals surface area contributed by atoms with E-state index in [0.717, 1.165) is 43.4 Å². The number of aromatic nitrogens is 2. The maximum absolute atomic E-state index is 14.0. The van der Waals surface area contributed by atoms with Gasteiger partial charge < -0.3 is 9.80 Å². The van der Waals surface area contributed by atoms with Crippen LogP contribution in [0.3, 0.4) is 0 Å². The van der Waals surface area contributed by atoms with Crippen LogP contribution >= 0.6 is 0 Å². The molecule has 0 radical (unpaired) electrons. The van der Waals surface area contributed by atoms with Crippen LogP contribution in [0.2, 0.25) is 0 Å². The Morgan fingerprint density at radius 2 is 1.63 bits per heavy atom. The standard InChI is InChI=1S/C20H25F2N5O2S/c1-15-4-2-3-9-27(15)20-8-7-19(23-24-20)25-10-12-26(13-11-25)30(28,29)18-14-16(21)5-6-17(18)22/h5-8,14-15H,2-4,9-13H2,1H3. The van der Waals surface area contributed by atoms with Crippen LogP contribution in [0.5, 0.6) is 0 Å². The quantitative estimate of drug-likeness (QED) is 0.733. The Morgan fingerprint density at radius 3 is 2.30 bits per heavy atom. The number of nitrogens with zero attached hydrogens (tertiary/aromatic N) is 5. The predicted molar refractivity (Wildman–Crippen MR) is 110 cm³/mol. The zero-order valence-electron chi connectivity index (χ0n) is 16.8. The van der Waals surface area contributed by atoms with Crippen molar-refractivity contribution in [2.45, 2.75) is 37.1 Å². The Balaban J connectivity index is 1.42. The normalized spacial score (nSPS) is 21.1. The summed E-state index contributed by atoms with van der Waals surface area (Å²) in [6.07, 6.45) is 3.53. The van der Waals surface area contributed by atoms with Crippen LogP contribution in [0.25, 0.3) is 0 Å². The van der Waals surface area contributed by atoms with E-state index in [-0.39, 0.29) is 13.1 Å². The van der Waals surface area contributed by atoms with Crippen molar-refractivity contribution in [3.05, 3.63) is 42.0 Å². The van der Waals surface area contributed by atoms with E-state index in [1.807, 2.05) is 17.0 Å². The molecule has 1 atom stereocenters. The Morgan fingerprint density at radius 1 is 0.933 bits per heavy atom. The summed E-state index contributed by atoms with van der Waals surface area (Å²) >= 11 is 0. The minimum atomic E-state index is -4.10. The topological polar surface area (TPSA) is 69.6 Å². The monoisotopic (exact) mass is 437 g/mol. The molecule has 0 saturated carbocycles. The van der Waals surface area contributed by atoms with Gasteiger partial charge in [0, 0.05) is 38.8 Å². The number of hydrogen-bond acceptors (Lipinski definition) is 6. The van der Waals surface area contributed by atoms with Crippen molar-refractivity contribution in [2.24, 2.45) is 0 Å². The Kier molecular flexibility index (Phi) is 5.88. The lowest BCUT2D eigenvalue weighted by Crippen LogP contribution is -2.49. The van der Waals surface area contributed by atoms with E-state index in [1.54, 1.807) is 0 Å². The number of hydrogen-bond donors (Lipinski definition) is 0. The first-order valence-corrected chi connectivity index (χ1v) is 11.6. The molecule has 1 aromatic heterocycles. The molecular weight excluding hydrogens is 412 g/mol. The molecule has 2 aromatic rings. The van der Waals surface area contributed by atoms with Crippen molar-refractivity contribution in [3.63, 3.8) is 0 Å². The molecule has 7 nitrogen and oxygen atoms in total. The van der Waals surface area contributed by atoms with Crippen molar-refractivity contribution in [3.8, 4) is 0 Å². The molecular formula is C20H25F2N5O2S. The van der Waals surface area contributed by atoms with Crippen LogP contribution in [0.4, 0.5) is 20.4 Å². The third-order valence-electron chi connectivity index (χ3n) is 5.81. The third-order valence-corrected chi connectivity index (χ3v) is 7.72. The highest BCUT2D eigenvalue weighted by Gasteiger charge is 2.31. The van der Waals surface area contributed by atoms with Gasteiger partial charge in [0.05, 0.1) is 0 Å². The van der Waals surface area contributed by atoms with Crippen LogP contribution in [-0.4, -0.2) is 61.7 Å². The molecule has 2 fully saturated rings. The Bertz CT molecular complexity index is 995. The molecule has 0 spiro atoms. The van der Waals surface area contributed by atoms with Gasteiger partial charge in [-0.05, 0) is 56.5 Å². The molecule has 0 aliphatic carbocycles. The Hall–Kier alpha value is -2.33. The summed E-state index contributed by atoms with van der Waals surface area (Å²) in [4.78, 5) is 3.58. The predicted octanol–water partition coefficient (Wildman–Crippen LogP) is 2.64. The van der Waals surface area contributed by atoms with Gasteiger partial charge in [-0.2, -0.15) is 4.31 Å². The van der Waals surface area contributed by atoms with Crippen molar-refractivity contribution >= 4 is 21.7 Å². The maximum atomic E-state index is 14.0. The van der Waals surface area contributed by atoms with Crippen molar-refractivity contribution in [2.75, 3.05) is 42.5 Å². The Labute approximate surface area is 175 Å². The highest BCUT2D eigenvalue weighted by molar-refractivity contribution is 7.89. The highest BCUT2D eigenvalue weighted by atomic mass is 32.2. The number of rotatable bonds is 4. The van der Waals surface area contributed by atoms with E-state index in [1.165, 1.54) is 10.7 Å². The lowest BCUT2D eigenvalue weighted by atomic mass is 10.0. The fourth-order valence-electron chi connectivity index (χ4n) is 4.05. The molecule has 0 bridgehead atoms. The second-order valence-electron chi connectivity index (χ2n) is 7.75. The summed E-state index contributed by atoms with van der Waals surface area (Å²) < 4.78 is 54.0. The molecule has 162 valence electrons. The maximum Gasteiger partial charge on any atom is 0.246 e. The summed E-state index contributed by atoms with van der Waals surface area (Å²) in [5, 5.41) is 8.72. The minimum absolute atomic E-state index is 0.158. The first-order valence-electron chi connectivity index (χ1n) is 10.2. The van der Waals surface area contributed by atoms with Gasteiger partial charge in [0.25, 0.3) is 0 Å². The zero-order valence-corrected chi connectivity index (χ0v) is 17.7. The van der Waals surface area contributed by atoms with E-state index < -0.39 is 26.6 Å². The van der Waals surface area contributed by atoms with Crippen LogP contribution in [0, 0.1) is 11.6 Å². The van der Waals surface area contributed by atoms with Gasteiger partial charge in [-0.25, -0.2) is 17.2 Å². The molecule has 2 saturated heterocycles. The van der Waals surface area contributed by atoms with E-state index >= 15 is 0 Å². The van der Waals surface area contributed by atoms with E-state index in [0.29, 0.717) is 24.9 Å². The first kappa shape index (κ1) is 20.9. The first-order chi connectivity index (χ1) is 14.4. The molecule has 3 heterocycles. The number of anilines is 2. The molecule has 1 unspecified atom stereocenters. The fraction of sp³-hybridized carbons (Fsp3) is 0.500. The average Bonchev–Trinajstić information content (AvgIpc) is 2.76. The molecule has 0 amide bonds. The minimum Gasteiger partial charge on any atom is -0.352 e. The number of sulfonamides is 1. The molecule has 10 heteroatoms. The van der Waals surface area contributed by atoms with Gasteiger partial charge in [-0.3, -0.25) is 0 Å². The van der Waals surface area contributed by atoms with Crippen LogP contribution in [0.15, 0.2) is 35.2 Å². The van der Waals surface area contributed by atoms with Gasteiger partial charge in [0.15, 0.2) is 11.6 Å². The molecule has 2 aliphatic heterocycles. The van der Waals surface area contributed by atoms with E-state index in [4.69, 9.17) is 0 Å². The second-order valence-corrected chi connectivity index (χ2v) is 9.66. The molecule has 1 aromatic carbocycles. The number of piperazine rings is 1. The van der Waals surface area contributed by atoms with Gasteiger partial charge in [-0.1, -0.05) is 0 Å². The fourth-order valence-corrected chi connectivity index (χ4v) is 5.55. The number of benzene rings is 1. The van der Waals surface area contributed by atoms with E-state index in [9.17, 15) is 17.2 Å². The van der Waals surface area contributed by atoms with Crippen molar-refractivity contribution < 1.29 is 17.2 Å². The smallest absolute Gasteiger partial charge is 0.246 e. The largest absolute Gasteiger partial charge is 0.352 e. The van der Waals surface area contributed by atoms with Gasteiger partial charge >= 0.3 is 0 Å². The molecule has 0 N–H and O–H groups in total. The lowest BCUT2D eigenvalue weighted by molar-refractivity contribution is 0.380. The second kappa shape index (κ2) is 8.43. The summed E-state index contributed by atoms with van der Waals surface area (Å²) in [6.45, 7) is 4.27. The van der Waals surface area contributed by atoms with E-state index in [2.05, 4.69) is 22.0 Å². The lowest BCUT2D eigenvalue weighted by Gasteiger charge is -2.35. The van der Waals surface area contributed by atoms with Crippen molar-refractivity contribution in [1.82, 2.24) is 14.5 Å².